The quantitative estimate of drug-likeness (QED) is 0.805. The van der Waals surface area contributed by atoms with Gasteiger partial charge in [0.25, 0.3) is 0 Å². The lowest BCUT2D eigenvalue weighted by atomic mass is 9.95. The first kappa shape index (κ1) is 14.5. The third-order valence-electron chi connectivity index (χ3n) is 3.37. The highest BCUT2D eigenvalue weighted by Crippen LogP contribution is 2.29. The monoisotopic (exact) mass is 253 g/mol. The van der Waals surface area contributed by atoms with Crippen LogP contribution in [0.3, 0.4) is 0 Å². The van der Waals surface area contributed by atoms with Crippen LogP contribution in [0, 0.1) is 19.8 Å². The van der Waals surface area contributed by atoms with E-state index in [-0.39, 0.29) is 0 Å². The zero-order valence-corrected chi connectivity index (χ0v) is 12.4. The van der Waals surface area contributed by atoms with Crippen molar-refractivity contribution in [1.29, 1.82) is 0 Å². The van der Waals surface area contributed by atoms with E-state index < -0.39 is 0 Å². The van der Waals surface area contributed by atoms with Crippen LogP contribution >= 0.6 is 11.6 Å². The van der Waals surface area contributed by atoms with Gasteiger partial charge in [0, 0.05) is 11.1 Å². The Labute approximate surface area is 111 Å². The van der Waals surface area contributed by atoms with Crippen molar-refractivity contribution < 1.29 is 0 Å². The van der Waals surface area contributed by atoms with Crippen LogP contribution in [0.5, 0.6) is 0 Å². The summed E-state index contributed by atoms with van der Waals surface area (Å²) in [5.41, 5.74) is 3.81. The van der Waals surface area contributed by atoms with Crippen LogP contribution < -0.4 is 5.32 Å². The molecule has 0 aromatic heterocycles. The van der Waals surface area contributed by atoms with E-state index >= 15 is 0 Å². The van der Waals surface area contributed by atoms with Crippen molar-refractivity contribution in [1.82, 2.24) is 5.32 Å². The van der Waals surface area contributed by atoms with E-state index in [9.17, 15) is 0 Å². The molecule has 0 fully saturated rings. The Morgan fingerprint density at radius 1 is 1.12 bits per heavy atom. The van der Waals surface area contributed by atoms with Crippen LogP contribution in [0.2, 0.25) is 5.02 Å². The Morgan fingerprint density at radius 2 is 1.71 bits per heavy atom. The Kier molecular flexibility index (Phi) is 5.48. The van der Waals surface area contributed by atoms with Crippen LogP contribution in [-0.2, 0) is 0 Å². The average Bonchev–Trinajstić information content (AvgIpc) is 2.25. The van der Waals surface area contributed by atoms with Gasteiger partial charge in [-0.1, -0.05) is 31.5 Å². The molecular formula is C15H24ClN. The molecule has 0 amide bonds. The molecule has 0 aliphatic carbocycles. The normalized spacial score (nSPS) is 13.1. The third-order valence-corrected chi connectivity index (χ3v) is 3.70. The molecule has 1 unspecified atom stereocenters. The second-order valence-corrected chi connectivity index (χ2v) is 5.68. The van der Waals surface area contributed by atoms with Gasteiger partial charge < -0.3 is 5.32 Å². The maximum absolute atomic E-state index is 6.35. The van der Waals surface area contributed by atoms with Gasteiger partial charge in [-0.15, -0.1) is 0 Å². The first-order valence-corrected chi connectivity index (χ1v) is 6.77. The van der Waals surface area contributed by atoms with Gasteiger partial charge in [0.2, 0.25) is 0 Å². The topological polar surface area (TPSA) is 12.0 Å². The maximum Gasteiger partial charge on any atom is 0.0456 e. The van der Waals surface area contributed by atoms with Crippen molar-refractivity contribution in [3.8, 4) is 0 Å². The van der Waals surface area contributed by atoms with Gasteiger partial charge in [-0.25, -0.2) is 0 Å². The minimum Gasteiger partial charge on any atom is -0.313 e. The number of nitrogens with one attached hydrogen (secondary N) is 1. The molecule has 0 aliphatic rings. The largest absolute Gasteiger partial charge is 0.313 e. The molecule has 1 aromatic rings. The predicted molar refractivity (Wildman–Crippen MR) is 76.8 cm³/mol. The fourth-order valence-electron chi connectivity index (χ4n) is 2.03. The molecule has 0 radical (unpaired) electrons. The molecule has 2 heteroatoms. The number of benzene rings is 1. The fourth-order valence-corrected chi connectivity index (χ4v) is 2.38. The first-order valence-electron chi connectivity index (χ1n) is 6.39. The molecular weight excluding hydrogens is 230 g/mol. The molecule has 0 heterocycles. The number of halogens is 1. The SMILES string of the molecule is CNC(CCC(C)C)c1cc(C)c(C)cc1Cl. The third kappa shape index (κ3) is 4.01. The van der Waals surface area contributed by atoms with E-state index in [1.165, 1.54) is 23.1 Å². The van der Waals surface area contributed by atoms with E-state index in [0.29, 0.717) is 6.04 Å². The summed E-state index contributed by atoms with van der Waals surface area (Å²) in [4.78, 5) is 0. The van der Waals surface area contributed by atoms with Gasteiger partial charge >= 0.3 is 0 Å². The number of hydrogen-bond donors (Lipinski definition) is 1. The van der Waals surface area contributed by atoms with Crippen molar-refractivity contribution in [3.63, 3.8) is 0 Å². The summed E-state index contributed by atoms with van der Waals surface area (Å²) >= 11 is 6.35. The predicted octanol–water partition coefficient (Wildman–Crippen LogP) is 4.65. The van der Waals surface area contributed by atoms with Crippen LogP contribution in [0.15, 0.2) is 12.1 Å². The van der Waals surface area contributed by atoms with Crippen molar-refractivity contribution in [2.45, 2.75) is 46.6 Å². The van der Waals surface area contributed by atoms with Crippen molar-refractivity contribution in [2.24, 2.45) is 5.92 Å². The van der Waals surface area contributed by atoms with E-state index in [1.54, 1.807) is 0 Å². The molecule has 0 saturated carbocycles. The number of hydrogen-bond acceptors (Lipinski definition) is 1. The molecule has 1 N–H and O–H groups in total. The highest BCUT2D eigenvalue weighted by atomic mass is 35.5. The van der Waals surface area contributed by atoms with Crippen LogP contribution in [-0.4, -0.2) is 7.05 Å². The van der Waals surface area contributed by atoms with Gasteiger partial charge in [-0.3, -0.25) is 0 Å². The van der Waals surface area contributed by atoms with Crippen LogP contribution in [0.4, 0.5) is 0 Å². The van der Waals surface area contributed by atoms with Crippen molar-refractivity contribution >= 4 is 11.6 Å². The van der Waals surface area contributed by atoms with Crippen molar-refractivity contribution in [3.05, 3.63) is 33.8 Å². The minimum atomic E-state index is 0.365. The van der Waals surface area contributed by atoms with E-state index in [0.717, 1.165) is 17.4 Å². The van der Waals surface area contributed by atoms with Gasteiger partial charge in [-0.2, -0.15) is 0 Å². The molecule has 1 nitrogen and oxygen atoms in total. The van der Waals surface area contributed by atoms with Crippen LogP contribution in [0.25, 0.3) is 0 Å². The zero-order valence-electron chi connectivity index (χ0n) is 11.6. The molecule has 0 spiro atoms. The fraction of sp³-hybridized carbons (Fsp3) is 0.600. The number of rotatable bonds is 5. The van der Waals surface area contributed by atoms with Gasteiger partial charge in [0.15, 0.2) is 0 Å². The lowest BCUT2D eigenvalue weighted by Crippen LogP contribution is -2.17. The standard InChI is InChI=1S/C15H24ClN/c1-10(2)6-7-15(17-5)13-8-11(3)12(4)9-14(13)16/h8-10,15,17H,6-7H2,1-5H3. The molecule has 1 aromatic carbocycles. The Hall–Kier alpha value is -0.530. The molecule has 1 atom stereocenters. The lowest BCUT2D eigenvalue weighted by molar-refractivity contribution is 0.465. The summed E-state index contributed by atoms with van der Waals surface area (Å²) in [6, 6.07) is 4.66. The molecule has 1 rings (SSSR count). The summed E-state index contributed by atoms with van der Waals surface area (Å²) < 4.78 is 0. The molecule has 17 heavy (non-hydrogen) atoms. The molecule has 0 aliphatic heterocycles. The second-order valence-electron chi connectivity index (χ2n) is 5.27. The first-order chi connectivity index (χ1) is 7.95. The highest BCUT2D eigenvalue weighted by molar-refractivity contribution is 6.31. The Morgan fingerprint density at radius 3 is 2.24 bits per heavy atom. The van der Waals surface area contributed by atoms with E-state index in [2.05, 4.69) is 45.1 Å². The Balaban J connectivity index is 2.91. The summed E-state index contributed by atoms with van der Waals surface area (Å²) in [6.07, 6.45) is 2.35. The summed E-state index contributed by atoms with van der Waals surface area (Å²) in [7, 11) is 2.01. The molecule has 96 valence electrons. The van der Waals surface area contributed by atoms with Gasteiger partial charge in [0.1, 0.15) is 0 Å². The second kappa shape index (κ2) is 6.42. The maximum atomic E-state index is 6.35. The van der Waals surface area contributed by atoms with E-state index in [4.69, 9.17) is 11.6 Å². The highest BCUT2D eigenvalue weighted by Gasteiger charge is 2.14. The van der Waals surface area contributed by atoms with Crippen LogP contribution in [0.1, 0.15) is 49.4 Å². The summed E-state index contributed by atoms with van der Waals surface area (Å²) in [5.74, 6) is 0.733. The average molecular weight is 254 g/mol. The van der Waals surface area contributed by atoms with Gasteiger partial charge in [-0.05, 0) is 62.4 Å². The lowest BCUT2D eigenvalue weighted by Gasteiger charge is -2.20. The summed E-state index contributed by atoms with van der Waals surface area (Å²) in [6.45, 7) is 8.77. The zero-order chi connectivity index (χ0) is 13.0. The molecule has 0 saturated heterocycles. The number of aryl methyl sites for hydroxylation is 2. The molecule has 0 bridgehead atoms. The smallest absolute Gasteiger partial charge is 0.0456 e. The Bertz CT molecular complexity index is 371. The van der Waals surface area contributed by atoms with Crippen molar-refractivity contribution in [2.75, 3.05) is 7.05 Å². The summed E-state index contributed by atoms with van der Waals surface area (Å²) in [5, 5.41) is 4.26. The van der Waals surface area contributed by atoms with E-state index in [1.807, 2.05) is 7.05 Å². The minimum absolute atomic E-state index is 0.365. The van der Waals surface area contributed by atoms with Gasteiger partial charge in [0.05, 0.1) is 0 Å².